The summed E-state index contributed by atoms with van der Waals surface area (Å²) < 4.78 is 5.94. The van der Waals surface area contributed by atoms with E-state index in [1.807, 2.05) is 127 Å². The lowest BCUT2D eigenvalue weighted by molar-refractivity contribution is 0.0968. The van der Waals surface area contributed by atoms with Gasteiger partial charge in [-0.2, -0.15) is 0 Å². The van der Waals surface area contributed by atoms with Crippen LogP contribution in [0.5, 0.6) is 0 Å². The van der Waals surface area contributed by atoms with Crippen LogP contribution in [0.25, 0.3) is 0 Å². The minimum absolute atomic E-state index is 0.0262. The zero-order valence-corrected chi connectivity index (χ0v) is 21.0. The Balaban J connectivity index is 1.68. The molecule has 4 aromatic carbocycles. The maximum atomic E-state index is 13.5. The van der Waals surface area contributed by atoms with Crippen LogP contribution in [0.4, 0.5) is 0 Å². The van der Waals surface area contributed by atoms with Gasteiger partial charge in [0.25, 0.3) is 0 Å². The third kappa shape index (κ3) is 5.79. The van der Waals surface area contributed by atoms with Crippen molar-refractivity contribution in [3.05, 3.63) is 167 Å². The van der Waals surface area contributed by atoms with Crippen molar-refractivity contribution in [2.45, 2.75) is 18.4 Å². The molecule has 1 heterocycles. The number of carbonyl (C=O) groups is 1. The van der Waals surface area contributed by atoms with Gasteiger partial charge < -0.3 is 4.42 Å². The fourth-order valence-electron chi connectivity index (χ4n) is 4.57. The Morgan fingerprint density at radius 2 is 1.22 bits per heavy atom. The molecule has 0 unspecified atom stereocenters. The largest absolute Gasteiger partial charge is 0.467 e. The van der Waals surface area contributed by atoms with Gasteiger partial charge in [0.15, 0.2) is 5.78 Å². The molecule has 4 heteroatoms. The number of carbonyl (C=O) groups excluding carboxylic acids is 1. The molecule has 5 rings (SSSR count). The van der Waals surface area contributed by atoms with Gasteiger partial charge in [0.2, 0.25) is 0 Å². The van der Waals surface area contributed by atoms with Gasteiger partial charge in [-0.05, 0) is 23.8 Å². The summed E-state index contributed by atoms with van der Waals surface area (Å²) >= 11 is 6.73. The van der Waals surface area contributed by atoms with Gasteiger partial charge in [-0.15, -0.1) is 0 Å². The molecule has 182 valence electrons. The highest BCUT2D eigenvalue weighted by Gasteiger charge is 2.31. The number of halogens is 1. The molecule has 0 aliphatic rings. The van der Waals surface area contributed by atoms with Crippen molar-refractivity contribution >= 4 is 23.1 Å². The first-order valence-electron chi connectivity index (χ1n) is 12.3. The molecular weight excluding hydrogens is 478 g/mol. The second kappa shape index (κ2) is 11.7. The van der Waals surface area contributed by atoms with Crippen LogP contribution in [0.1, 0.15) is 51.2 Å². The van der Waals surface area contributed by atoms with Crippen molar-refractivity contribution < 1.29 is 9.21 Å². The summed E-state index contributed by atoms with van der Waals surface area (Å²) in [6.45, 7) is 0. The van der Waals surface area contributed by atoms with E-state index in [1.165, 1.54) is 0 Å². The predicted octanol–water partition coefficient (Wildman–Crippen LogP) is 8.57. The number of hydrogen-bond acceptors (Lipinski definition) is 3. The zero-order valence-electron chi connectivity index (χ0n) is 20.2. The number of ketones is 1. The van der Waals surface area contributed by atoms with Crippen molar-refractivity contribution in [3.8, 4) is 0 Å². The molecule has 0 spiro atoms. The van der Waals surface area contributed by atoms with E-state index >= 15 is 0 Å². The second-order valence-electron chi connectivity index (χ2n) is 8.79. The second-order valence-corrected chi connectivity index (χ2v) is 9.20. The van der Waals surface area contributed by atoms with E-state index in [0.29, 0.717) is 16.3 Å². The summed E-state index contributed by atoms with van der Waals surface area (Å²) in [7, 11) is 0. The van der Waals surface area contributed by atoms with Gasteiger partial charge in [-0.1, -0.05) is 121 Å². The van der Waals surface area contributed by atoms with Crippen LogP contribution in [-0.4, -0.2) is 11.5 Å². The van der Waals surface area contributed by atoms with E-state index in [9.17, 15) is 4.79 Å². The number of Topliss-reactive ketones (excluding diaryl/α,β-unsaturated/α-hetero) is 1. The van der Waals surface area contributed by atoms with Gasteiger partial charge in [-0.25, -0.2) is 0 Å². The van der Waals surface area contributed by atoms with Gasteiger partial charge >= 0.3 is 0 Å². The van der Waals surface area contributed by atoms with E-state index in [0.717, 1.165) is 22.4 Å². The molecule has 0 N–H and O–H groups in total. The van der Waals surface area contributed by atoms with Crippen molar-refractivity contribution in [1.29, 1.82) is 0 Å². The summed E-state index contributed by atoms with van der Waals surface area (Å²) in [4.78, 5) is 18.9. The quantitative estimate of drug-likeness (QED) is 0.149. The summed E-state index contributed by atoms with van der Waals surface area (Å²) in [5.41, 5.74) is 4.31. The number of rotatable bonds is 9. The highest BCUT2D eigenvalue weighted by Crippen LogP contribution is 2.41. The van der Waals surface area contributed by atoms with Crippen LogP contribution in [0, 0.1) is 0 Å². The number of furan rings is 1. The molecular formula is C33H26ClNO2. The van der Waals surface area contributed by atoms with Crippen molar-refractivity contribution in [2.75, 3.05) is 0 Å². The van der Waals surface area contributed by atoms with Crippen molar-refractivity contribution in [2.24, 2.45) is 4.99 Å². The Hall–Kier alpha value is -4.21. The Labute approximate surface area is 222 Å². The first kappa shape index (κ1) is 24.5. The third-order valence-electron chi connectivity index (χ3n) is 6.38. The van der Waals surface area contributed by atoms with Crippen molar-refractivity contribution in [3.63, 3.8) is 0 Å². The van der Waals surface area contributed by atoms with Gasteiger partial charge in [0.1, 0.15) is 11.8 Å². The molecule has 5 aromatic rings. The van der Waals surface area contributed by atoms with Gasteiger partial charge in [0, 0.05) is 34.1 Å². The number of aliphatic imine (C=N–C) groups is 1. The predicted molar refractivity (Wildman–Crippen MR) is 150 cm³/mol. The highest BCUT2D eigenvalue weighted by molar-refractivity contribution is 6.31. The monoisotopic (exact) mass is 503 g/mol. The SMILES string of the molecule is O=C(C[C@H](c1ccccc1Cl)[C@@H](N=C(c1ccccc1)c1ccccc1)c1ccco1)c1ccccc1. The first-order valence-corrected chi connectivity index (χ1v) is 12.6. The van der Waals surface area contributed by atoms with E-state index in [4.69, 9.17) is 21.0 Å². The fourth-order valence-corrected chi connectivity index (χ4v) is 4.84. The lowest BCUT2D eigenvalue weighted by Crippen LogP contribution is -2.17. The number of nitrogens with zero attached hydrogens (tertiary/aromatic N) is 1. The van der Waals surface area contributed by atoms with Crippen molar-refractivity contribution in [1.82, 2.24) is 0 Å². The lowest BCUT2D eigenvalue weighted by Gasteiger charge is -2.25. The first-order chi connectivity index (χ1) is 18.2. The van der Waals surface area contributed by atoms with Crippen LogP contribution in [-0.2, 0) is 0 Å². The normalized spacial score (nSPS) is 12.5. The molecule has 1 aromatic heterocycles. The molecule has 2 atom stereocenters. The van der Waals surface area contributed by atoms with Crippen LogP contribution in [0.3, 0.4) is 0 Å². The van der Waals surface area contributed by atoms with Crippen LogP contribution in [0.2, 0.25) is 5.02 Å². The molecule has 0 amide bonds. The average Bonchev–Trinajstić information content (AvgIpc) is 3.49. The van der Waals surface area contributed by atoms with Crippen LogP contribution >= 0.6 is 11.6 Å². The number of benzene rings is 4. The Morgan fingerprint density at radius 3 is 1.76 bits per heavy atom. The standard InChI is InChI=1S/C33H26ClNO2/c34-29-20-11-10-19-27(29)28(23-30(36)24-13-4-1-5-14-24)33(31-21-12-22-37-31)35-32(25-15-6-2-7-16-25)26-17-8-3-9-18-26/h1-22,28,33H,23H2/t28-,33-/m1/s1. The fraction of sp³-hybridized carbons (Fsp3) is 0.0909. The maximum Gasteiger partial charge on any atom is 0.163 e. The third-order valence-corrected chi connectivity index (χ3v) is 6.73. The molecule has 3 nitrogen and oxygen atoms in total. The summed E-state index contributed by atoms with van der Waals surface area (Å²) in [5, 5.41) is 0.598. The minimum atomic E-state index is -0.488. The molecule has 0 fully saturated rings. The summed E-state index contributed by atoms with van der Waals surface area (Å²) in [5.74, 6) is 0.350. The van der Waals surface area contributed by atoms with E-state index < -0.39 is 6.04 Å². The number of hydrogen-bond donors (Lipinski definition) is 0. The molecule has 0 saturated carbocycles. The minimum Gasteiger partial charge on any atom is -0.467 e. The molecule has 0 saturated heterocycles. The average molecular weight is 504 g/mol. The van der Waals surface area contributed by atoms with Crippen LogP contribution < -0.4 is 0 Å². The molecule has 0 aliphatic heterocycles. The van der Waals surface area contributed by atoms with E-state index in [-0.39, 0.29) is 18.1 Å². The van der Waals surface area contributed by atoms with Crippen LogP contribution in [0.15, 0.2) is 143 Å². The molecule has 37 heavy (non-hydrogen) atoms. The lowest BCUT2D eigenvalue weighted by atomic mass is 9.84. The van der Waals surface area contributed by atoms with Gasteiger partial charge in [-0.3, -0.25) is 9.79 Å². The van der Waals surface area contributed by atoms with E-state index in [1.54, 1.807) is 6.26 Å². The molecule has 0 aliphatic carbocycles. The van der Waals surface area contributed by atoms with E-state index in [2.05, 4.69) is 0 Å². The zero-order chi connectivity index (χ0) is 25.5. The topological polar surface area (TPSA) is 42.6 Å². The maximum absolute atomic E-state index is 13.5. The smallest absolute Gasteiger partial charge is 0.163 e. The summed E-state index contributed by atoms with van der Waals surface area (Å²) in [6, 6.07) is 40.5. The molecule has 0 radical (unpaired) electrons. The highest BCUT2D eigenvalue weighted by atomic mass is 35.5. The Morgan fingerprint density at radius 1 is 0.676 bits per heavy atom. The molecule has 0 bridgehead atoms. The Bertz CT molecular complexity index is 1420. The van der Waals surface area contributed by atoms with Gasteiger partial charge in [0.05, 0.1) is 12.0 Å². The Kier molecular flexibility index (Phi) is 7.73. The summed E-state index contributed by atoms with van der Waals surface area (Å²) in [6.07, 6.45) is 1.87.